The summed E-state index contributed by atoms with van der Waals surface area (Å²) in [6.45, 7) is 0.862. The summed E-state index contributed by atoms with van der Waals surface area (Å²) in [4.78, 5) is 27.3. The predicted molar refractivity (Wildman–Crippen MR) is 138 cm³/mol. The maximum atomic E-state index is 13.6. The summed E-state index contributed by atoms with van der Waals surface area (Å²) in [5, 5.41) is 3.10. The third-order valence-electron chi connectivity index (χ3n) is 5.48. The van der Waals surface area contributed by atoms with Gasteiger partial charge in [-0.25, -0.2) is 12.8 Å². The molecule has 0 spiro atoms. The van der Waals surface area contributed by atoms with Gasteiger partial charge >= 0.3 is 0 Å². The molecule has 0 fully saturated rings. The van der Waals surface area contributed by atoms with Crippen LogP contribution in [0.4, 0.5) is 10.1 Å². The second kappa shape index (κ2) is 11.7. The van der Waals surface area contributed by atoms with E-state index in [4.69, 9.17) is 23.2 Å². The molecule has 0 radical (unpaired) electrons. The molecule has 190 valence electrons. The van der Waals surface area contributed by atoms with E-state index in [1.807, 2.05) is 0 Å². The number of hydrogen-bond acceptors (Lipinski definition) is 4. The SMILES string of the molecule is CNC(=O)C(C)N(Cc1ccc(Cl)c(Cl)c1)C(=O)CN(c1ccc(F)cc1)S(=O)(=O)c1ccccc1. The van der Waals surface area contributed by atoms with Gasteiger partial charge in [0, 0.05) is 13.6 Å². The lowest BCUT2D eigenvalue weighted by molar-refractivity contribution is -0.139. The molecule has 0 aliphatic heterocycles. The molecular weight excluding hydrogens is 528 g/mol. The number of benzene rings is 3. The van der Waals surface area contributed by atoms with Gasteiger partial charge in [-0.05, 0) is 61.0 Å². The Labute approximate surface area is 219 Å². The molecule has 7 nitrogen and oxygen atoms in total. The molecule has 3 aromatic rings. The number of carbonyl (C=O) groups is 2. The number of carbonyl (C=O) groups excluding carboxylic acids is 2. The van der Waals surface area contributed by atoms with Gasteiger partial charge in [0.15, 0.2) is 0 Å². The summed E-state index contributed by atoms with van der Waals surface area (Å²) < 4.78 is 41.5. The first-order valence-electron chi connectivity index (χ1n) is 10.8. The number of nitrogens with one attached hydrogen (secondary N) is 1. The van der Waals surface area contributed by atoms with Crippen molar-refractivity contribution >= 4 is 50.7 Å². The summed E-state index contributed by atoms with van der Waals surface area (Å²) in [7, 11) is -2.77. The normalized spacial score (nSPS) is 12.0. The number of rotatable bonds is 9. The average Bonchev–Trinajstić information content (AvgIpc) is 2.88. The molecule has 0 aromatic heterocycles. The number of halogens is 3. The zero-order valence-corrected chi connectivity index (χ0v) is 21.8. The van der Waals surface area contributed by atoms with Crippen molar-refractivity contribution in [1.29, 1.82) is 0 Å². The minimum absolute atomic E-state index is 0.0348. The topological polar surface area (TPSA) is 86.8 Å². The van der Waals surface area contributed by atoms with Crippen LogP contribution < -0.4 is 9.62 Å². The second-order valence-electron chi connectivity index (χ2n) is 7.86. The van der Waals surface area contributed by atoms with E-state index < -0.39 is 40.2 Å². The van der Waals surface area contributed by atoms with Gasteiger partial charge in [0.05, 0.1) is 20.6 Å². The molecule has 0 bridgehead atoms. The molecule has 3 aromatic carbocycles. The summed E-state index contributed by atoms with van der Waals surface area (Å²) >= 11 is 12.1. The average molecular weight is 552 g/mol. The summed E-state index contributed by atoms with van der Waals surface area (Å²) in [5.74, 6) is -1.65. The van der Waals surface area contributed by atoms with Crippen molar-refractivity contribution in [2.24, 2.45) is 0 Å². The van der Waals surface area contributed by atoms with Crippen LogP contribution in [0.3, 0.4) is 0 Å². The van der Waals surface area contributed by atoms with Crippen molar-refractivity contribution in [1.82, 2.24) is 10.2 Å². The number of sulfonamides is 1. The number of hydrogen-bond donors (Lipinski definition) is 1. The van der Waals surface area contributed by atoms with E-state index >= 15 is 0 Å². The fraction of sp³-hybridized carbons (Fsp3) is 0.200. The molecular formula is C25H24Cl2FN3O4S. The Morgan fingerprint density at radius 2 is 1.61 bits per heavy atom. The van der Waals surface area contributed by atoms with Crippen LogP contribution in [0.2, 0.25) is 10.0 Å². The monoisotopic (exact) mass is 551 g/mol. The highest BCUT2D eigenvalue weighted by Crippen LogP contribution is 2.26. The van der Waals surface area contributed by atoms with Gasteiger partial charge in [-0.15, -0.1) is 0 Å². The molecule has 1 unspecified atom stereocenters. The summed E-state index contributed by atoms with van der Waals surface area (Å²) in [6.07, 6.45) is 0. The van der Waals surface area contributed by atoms with Crippen molar-refractivity contribution in [3.63, 3.8) is 0 Å². The van der Waals surface area contributed by atoms with E-state index in [2.05, 4.69) is 5.32 Å². The second-order valence-corrected chi connectivity index (χ2v) is 10.5. The van der Waals surface area contributed by atoms with Crippen molar-refractivity contribution in [3.05, 3.63) is 94.2 Å². The van der Waals surface area contributed by atoms with Crippen LogP contribution in [-0.2, 0) is 26.2 Å². The Balaban J connectivity index is 2.02. The minimum atomic E-state index is -4.21. The molecule has 0 heterocycles. The van der Waals surface area contributed by atoms with Crippen LogP contribution in [0.15, 0.2) is 77.7 Å². The number of amides is 2. The quantitative estimate of drug-likeness (QED) is 0.424. The first kappa shape index (κ1) is 27.4. The lowest BCUT2D eigenvalue weighted by Crippen LogP contribution is -2.50. The van der Waals surface area contributed by atoms with E-state index in [-0.39, 0.29) is 22.2 Å². The Hall–Kier alpha value is -3.14. The fourth-order valence-electron chi connectivity index (χ4n) is 3.48. The van der Waals surface area contributed by atoms with Crippen molar-refractivity contribution in [2.75, 3.05) is 17.9 Å². The maximum absolute atomic E-state index is 13.6. The fourth-order valence-corrected chi connectivity index (χ4v) is 5.24. The third kappa shape index (κ3) is 6.34. The highest BCUT2D eigenvalue weighted by Gasteiger charge is 2.32. The maximum Gasteiger partial charge on any atom is 0.264 e. The molecule has 0 aliphatic rings. The van der Waals surface area contributed by atoms with E-state index in [1.54, 1.807) is 36.4 Å². The van der Waals surface area contributed by atoms with Crippen molar-refractivity contribution in [3.8, 4) is 0 Å². The number of likely N-dealkylation sites (N-methyl/N-ethyl adjacent to an activating group) is 1. The van der Waals surface area contributed by atoms with Gasteiger partial charge in [-0.3, -0.25) is 13.9 Å². The molecule has 11 heteroatoms. The smallest absolute Gasteiger partial charge is 0.264 e. The van der Waals surface area contributed by atoms with E-state index in [0.717, 1.165) is 16.4 Å². The van der Waals surface area contributed by atoms with Crippen molar-refractivity contribution in [2.45, 2.75) is 24.4 Å². The van der Waals surface area contributed by atoms with Gasteiger partial charge in [0.1, 0.15) is 18.4 Å². The lowest BCUT2D eigenvalue weighted by Gasteiger charge is -2.31. The predicted octanol–water partition coefficient (Wildman–Crippen LogP) is 4.49. The molecule has 1 atom stereocenters. The van der Waals surface area contributed by atoms with Gasteiger partial charge in [-0.1, -0.05) is 47.5 Å². The van der Waals surface area contributed by atoms with Crippen LogP contribution in [0.1, 0.15) is 12.5 Å². The molecule has 2 amide bonds. The van der Waals surface area contributed by atoms with Gasteiger partial charge in [-0.2, -0.15) is 0 Å². The zero-order chi connectivity index (χ0) is 26.5. The van der Waals surface area contributed by atoms with Crippen LogP contribution in [0, 0.1) is 5.82 Å². The van der Waals surface area contributed by atoms with Crippen LogP contribution >= 0.6 is 23.2 Å². The Bertz CT molecular complexity index is 1340. The molecule has 36 heavy (non-hydrogen) atoms. The lowest BCUT2D eigenvalue weighted by atomic mass is 10.1. The van der Waals surface area contributed by atoms with Crippen LogP contribution in [-0.4, -0.2) is 44.8 Å². The highest BCUT2D eigenvalue weighted by atomic mass is 35.5. The number of anilines is 1. The first-order chi connectivity index (χ1) is 17.0. The Kier molecular flexibility index (Phi) is 8.94. The Morgan fingerprint density at radius 3 is 2.19 bits per heavy atom. The first-order valence-corrected chi connectivity index (χ1v) is 13.0. The van der Waals surface area contributed by atoms with Crippen LogP contribution in [0.5, 0.6) is 0 Å². The molecule has 1 N–H and O–H groups in total. The summed E-state index contributed by atoms with van der Waals surface area (Å²) in [5.41, 5.74) is 0.684. The standard InChI is InChI=1S/C25H24Cl2FN3O4S/c1-17(25(33)29-2)30(15-18-8-13-22(26)23(27)14-18)24(32)16-31(20-11-9-19(28)10-12-20)36(34,35)21-6-4-3-5-7-21/h3-14,17H,15-16H2,1-2H3,(H,29,33). The van der Waals surface area contributed by atoms with E-state index in [1.165, 1.54) is 43.1 Å². The van der Waals surface area contributed by atoms with E-state index in [0.29, 0.717) is 10.6 Å². The van der Waals surface area contributed by atoms with Gasteiger partial charge in [0.25, 0.3) is 10.0 Å². The minimum Gasteiger partial charge on any atom is -0.357 e. The van der Waals surface area contributed by atoms with E-state index in [9.17, 15) is 22.4 Å². The van der Waals surface area contributed by atoms with Gasteiger partial charge < -0.3 is 10.2 Å². The van der Waals surface area contributed by atoms with Gasteiger partial charge in [0.2, 0.25) is 11.8 Å². The largest absolute Gasteiger partial charge is 0.357 e. The van der Waals surface area contributed by atoms with Crippen LogP contribution in [0.25, 0.3) is 0 Å². The molecule has 0 saturated heterocycles. The highest BCUT2D eigenvalue weighted by molar-refractivity contribution is 7.92. The Morgan fingerprint density at radius 1 is 0.972 bits per heavy atom. The molecule has 0 aliphatic carbocycles. The third-order valence-corrected chi connectivity index (χ3v) is 8.00. The molecule has 0 saturated carbocycles. The summed E-state index contributed by atoms with van der Waals surface area (Å²) in [6, 6.07) is 16.2. The molecule has 3 rings (SSSR count). The number of nitrogens with zero attached hydrogens (tertiary/aromatic N) is 2. The zero-order valence-electron chi connectivity index (χ0n) is 19.5. The van der Waals surface area contributed by atoms with Crippen molar-refractivity contribution < 1.29 is 22.4 Å².